The zero-order valence-corrected chi connectivity index (χ0v) is 15.7. The van der Waals surface area contributed by atoms with Gasteiger partial charge in [0.05, 0.1) is 32.6 Å². The predicted molar refractivity (Wildman–Crippen MR) is 97.0 cm³/mol. The van der Waals surface area contributed by atoms with Crippen LogP contribution in [0, 0.1) is 5.92 Å². The molecule has 0 unspecified atom stereocenters. The fourth-order valence-electron chi connectivity index (χ4n) is 2.90. The lowest BCUT2D eigenvalue weighted by Crippen LogP contribution is -2.40. The Labute approximate surface area is 153 Å². The Hall–Kier alpha value is -1.99. The Morgan fingerprint density at radius 2 is 1.92 bits per heavy atom. The second-order valence-electron chi connectivity index (χ2n) is 5.82. The quantitative estimate of drug-likeness (QED) is 0.771. The van der Waals surface area contributed by atoms with Crippen molar-refractivity contribution in [1.82, 2.24) is 5.32 Å². The molecule has 1 heterocycles. The third-order valence-electron chi connectivity index (χ3n) is 4.15. The van der Waals surface area contributed by atoms with Gasteiger partial charge in [0.1, 0.15) is 0 Å². The van der Waals surface area contributed by atoms with Crippen LogP contribution >= 0.6 is 12.4 Å². The van der Waals surface area contributed by atoms with E-state index in [9.17, 15) is 9.59 Å². The molecule has 0 spiro atoms. The third kappa shape index (κ3) is 4.99. The molecule has 25 heavy (non-hydrogen) atoms. The molecule has 0 radical (unpaired) electrons. The Kier molecular flexibility index (Phi) is 7.99. The van der Waals surface area contributed by atoms with Gasteiger partial charge in [-0.3, -0.25) is 4.79 Å². The normalized spacial score (nSPS) is 19.4. The zero-order chi connectivity index (χ0) is 17.7. The van der Waals surface area contributed by atoms with Crippen molar-refractivity contribution in [2.45, 2.75) is 25.8 Å². The maximum absolute atomic E-state index is 12.6. The summed E-state index contributed by atoms with van der Waals surface area (Å²) >= 11 is 0. The summed E-state index contributed by atoms with van der Waals surface area (Å²) in [4.78, 5) is 24.4. The molecule has 0 aliphatic carbocycles. The minimum absolute atomic E-state index is 0. The van der Waals surface area contributed by atoms with Gasteiger partial charge in [-0.25, -0.2) is 4.79 Å². The molecule has 8 heteroatoms. The Morgan fingerprint density at radius 1 is 1.20 bits per heavy atom. The van der Waals surface area contributed by atoms with Gasteiger partial charge < -0.3 is 24.8 Å². The van der Waals surface area contributed by atoms with Crippen LogP contribution in [0.1, 0.15) is 30.1 Å². The van der Waals surface area contributed by atoms with E-state index in [0.717, 1.165) is 19.4 Å². The summed E-state index contributed by atoms with van der Waals surface area (Å²) in [5.74, 6) is 0.0428. The number of esters is 1. The van der Waals surface area contributed by atoms with E-state index in [1.807, 2.05) is 0 Å². The summed E-state index contributed by atoms with van der Waals surface area (Å²) < 4.78 is 15.3. The van der Waals surface area contributed by atoms with E-state index in [2.05, 4.69) is 17.6 Å². The second-order valence-corrected chi connectivity index (χ2v) is 5.82. The van der Waals surface area contributed by atoms with Crippen LogP contribution in [0.15, 0.2) is 12.1 Å². The van der Waals surface area contributed by atoms with Gasteiger partial charge in [-0.15, -0.1) is 12.4 Å². The van der Waals surface area contributed by atoms with Gasteiger partial charge in [0.2, 0.25) is 5.91 Å². The molecule has 0 bridgehead atoms. The van der Waals surface area contributed by atoms with Crippen LogP contribution in [0.25, 0.3) is 0 Å². The lowest BCUT2D eigenvalue weighted by molar-refractivity contribution is -0.120. The van der Waals surface area contributed by atoms with Crippen molar-refractivity contribution in [3.8, 4) is 11.5 Å². The number of anilines is 1. The molecule has 2 N–H and O–H groups in total. The number of carbonyl (C=O) groups excluding carboxylic acids is 2. The molecule has 0 aromatic heterocycles. The Morgan fingerprint density at radius 3 is 2.48 bits per heavy atom. The highest BCUT2D eigenvalue weighted by atomic mass is 35.5. The van der Waals surface area contributed by atoms with Crippen molar-refractivity contribution in [1.29, 1.82) is 0 Å². The first-order valence-electron chi connectivity index (χ1n) is 7.88. The molecule has 7 nitrogen and oxygen atoms in total. The molecule has 0 saturated carbocycles. The van der Waals surface area contributed by atoms with Crippen LogP contribution < -0.4 is 20.1 Å². The van der Waals surface area contributed by atoms with Gasteiger partial charge in [0, 0.05) is 12.0 Å². The predicted octanol–water partition coefficient (Wildman–Crippen LogP) is 2.24. The average Bonchev–Trinajstić information content (AvgIpc) is 2.60. The van der Waals surface area contributed by atoms with Gasteiger partial charge in [-0.1, -0.05) is 0 Å². The maximum Gasteiger partial charge on any atom is 0.338 e. The standard InChI is InChI=1S/C17H24N2O5.ClH/c1-10-7-11(5-6-18-10)16(20)19-13-8-12(17(21)24-4)9-14(22-2)15(13)23-3;/h8-11,18H,5-7H2,1-4H3,(H,19,20);1H/t10-,11-;/m0./s1. The largest absolute Gasteiger partial charge is 0.493 e. The van der Waals surface area contributed by atoms with Crippen molar-refractivity contribution in [2.75, 3.05) is 33.2 Å². The van der Waals surface area contributed by atoms with Gasteiger partial charge in [-0.2, -0.15) is 0 Å². The molecule has 140 valence electrons. The average molecular weight is 373 g/mol. The van der Waals surface area contributed by atoms with Crippen molar-refractivity contribution in [2.24, 2.45) is 5.92 Å². The number of carbonyl (C=O) groups is 2. The van der Waals surface area contributed by atoms with Crippen molar-refractivity contribution < 1.29 is 23.8 Å². The number of hydrogen-bond acceptors (Lipinski definition) is 6. The van der Waals surface area contributed by atoms with Gasteiger partial charge in [0.15, 0.2) is 11.5 Å². The van der Waals surface area contributed by atoms with Crippen LogP contribution in [0.4, 0.5) is 5.69 Å². The van der Waals surface area contributed by atoms with E-state index >= 15 is 0 Å². The number of rotatable bonds is 5. The maximum atomic E-state index is 12.6. The molecule has 1 fully saturated rings. The van der Waals surface area contributed by atoms with E-state index < -0.39 is 5.97 Å². The van der Waals surface area contributed by atoms with Crippen LogP contribution in [-0.2, 0) is 9.53 Å². The molecule has 1 aliphatic rings. The number of hydrogen-bond donors (Lipinski definition) is 2. The first kappa shape index (κ1) is 21.1. The van der Waals surface area contributed by atoms with Crippen molar-refractivity contribution in [3.63, 3.8) is 0 Å². The third-order valence-corrected chi connectivity index (χ3v) is 4.15. The number of amides is 1. The van der Waals surface area contributed by atoms with Crippen LogP contribution in [0.3, 0.4) is 0 Å². The minimum atomic E-state index is -0.512. The monoisotopic (exact) mass is 372 g/mol. The van der Waals surface area contributed by atoms with Crippen LogP contribution in [0.2, 0.25) is 0 Å². The van der Waals surface area contributed by atoms with Crippen LogP contribution in [-0.4, -0.2) is 45.8 Å². The molecule has 1 amide bonds. The number of ether oxygens (including phenoxy) is 3. The summed E-state index contributed by atoms with van der Waals surface area (Å²) in [7, 11) is 4.25. The fourth-order valence-corrected chi connectivity index (χ4v) is 2.90. The van der Waals surface area contributed by atoms with E-state index in [1.165, 1.54) is 33.5 Å². The highest BCUT2D eigenvalue weighted by Crippen LogP contribution is 2.37. The van der Waals surface area contributed by atoms with Gasteiger partial charge >= 0.3 is 5.97 Å². The number of methoxy groups -OCH3 is 3. The van der Waals surface area contributed by atoms with E-state index in [4.69, 9.17) is 14.2 Å². The molecule has 1 aromatic rings. The molecule has 2 rings (SSSR count). The summed E-state index contributed by atoms with van der Waals surface area (Å²) in [5, 5.41) is 6.18. The first-order valence-corrected chi connectivity index (χ1v) is 7.88. The molecule has 2 atom stereocenters. The highest BCUT2D eigenvalue weighted by Gasteiger charge is 2.26. The summed E-state index contributed by atoms with van der Waals surface area (Å²) in [6, 6.07) is 3.36. The van der Waals surface area contributed by atoms with E-state index in [0.29, 0.717) is 23.2 Å². The highest BCUT2D eigenvalue weighted by molar-refractivity contribution is 5.98. The lowest BCUT2D eigenvalue weighted by Gasteiger charge is -2.27. The molecule has 1 aromatic carbocycles. The van der Waals surface area contributed by atoms with Crippen molar-refractivity contribution >= 4 is 30.0 Å². The summed E-state index contributed by atoms with van der Waals surface area (Å²) in [6.07, 6.45) is 1.54. The Bertz CT molecular complexity index is 623. The smallest absolute Gasteiger partial charge is 0.338 e. The van der Waals surface area contributed by atoms with E-state index in [-0.39, 0.29) is 29.8 Å². The number of halogens is 1. The number of piperidine rings is 1. The number of nitrogens with one attached hydrogen (secondary N) is 2. The molecular formula is C17H25ClN2O5. The zero-order valence-electron chi connectivity index (χ0n) is 14.9. The number of benzene rings is 1. The summed E-state index contributed by atoms with van der Waals surface area (Å²) in [6.45, 7) is 2.86. The molecule has 1 saturated heterocycles. The minimum Gasteiger partial charge on any atom is -0.493 e. The van der Waals surface area contributed by atoms with Gasteiger partial charge in [-0.05, 0) is 38.4 Å². The first-order chi connectivity index (χ1) is 11.5. The van der Waals surface area contributed by atoms with Crippen molar-refractivity contribution in [3.05, 3.63) is 17.7 Å². The lowest BCUT2D eigenvalue weighted by atomic mass is 9.92. The SMILES string of the molecule is COC(=O)c1cc(NC(=O)[C@H]2CCN[C@@H](C)C2)c(OC)c(OC)c1.Cl. The summed E-state index contributed by atoms with van der Waals surface area (Å²) in [5.41, 5.74) is 0.678. The molecule has 1 aliphatic heterocycles. The van der Waals surface area contributed by atoms with Crippen LogP contribution in [0.5, 0.6) is 11.5 Å². The fraction of sp³-hybridized carbons (Fsp3) is 0.529. The topological polar surface area (TPSA) is 85.9 Å². The Balaban J connectivity index is 0.00000312. The van der Waals surface area contributed by atoms with E-state index in [1.54, 1.807) is 0 Å². The second kappa shape index (κ2) is 9.48. The van der Waals surface area contributed by atoms with Gasteiger partial charge in [0.25, 0.3) is 0 Å². The molecular weight excluding hydrogens is 348 g/mol.